The summed E-state index contributed by atoms with van der Waals surface area (Å²) < 4.78 is 108. The third-order valence-corrected chi connectivity index (χ3v) is 2.70. The Hall–Kier alpha value is -1.35. The molecule has 0 rings (SSSR count). The van der Waals surface area contributed by atoms with Gasteiger partial charge in [-0.25, -0.2) is 13.6 Å². The molecular weight excluding hydrogens is 316 g/mol. The summed E-state index contributed by atoms with van der Waals surface area (Å²) >= 11 is 0. The number of hydrogen-bond donors (Lipinski definition) is 0. The molecule has 0 saturated heterocycles. The molecule has 0 fully saturated rings. The average Bonchev–Trinajstić information content (AvgIpc) is 2.32. The van der Waals surface area contributed by atoms with Gasteiger partial charge in [-0.2, -0.15) is 26.3 Å². The van der Waals surface area contributed by atoms with Crippen LogP contribution in [0.4, 0.5) is 35.1 Å². The van der Waals surface area contributed by atoms with Crippen LogP contribution in [-0.4, -0.2) is 36.3 Å². The maximum Gasteiger partial charge on any atom is 0.429 e. The van der Waals surface area contributed by atoms with Gasteiger partial charge in [0.1, 0.15) is 6.61 Å². The van der Waals surface area contributed by atoms with Crippen LogP contribution in [-0.2, 0) is 9.53 Å². The molecule has 0 aliphatic rings. The van der Waals surface area contributed by atoms with Gasteiger partial charge < -0.3 is 4.74 Å². The lowest BCUT2D eigenvalue weighted by atomic mass is 9.81. The van der Waals surface area contributed by atoms with Gasteiger partial charge in [-0.15, -0.1) is 0 Å². The number of carbonyl (C=O) groups excluding carboxylic acids is 1. The SMILES string of the molecule is C=CC(=O)OCC(F)(C(F)(F)F)C(F)(CCC)C(F)(F)F. The van der Waals surface area contributed by atoms with E-state index in [0.717, 1.165) is 6.92 Å². The van der Waals surface area contributed by atoms with Crippen molar-refractivity contribution in [3.05, 3.63) is 12.7 Å². The van der Waals surface area contributed by atoms with E-state index in [0.29, 0.717) is 6.08 Å². The van der Waals surface area contributed by atoms with Crippen molar-refractivity contribution in [2.24, 2.45) is 0 Å². The third-order valence-electron chi connectivity index (χ3n) is 2.70. The Morgan fingerprint density at radius 1 is 1.00 bits per heavy atom. The molecule has 2 nitrogen and oxygen atoms in total. The third kappa shape index (κ3) is 3.65. The molecule has 0 aliphatic carbocycles. The van der Waals surface area contributed by atoms with Gasteiger partial charge in [-0.3, -0.25) is 0 Å². The number of esters is 1. The van der Waals surface area contributed by atoms with Gasteiger partial charge in [0.25, 0.3) is 11.3 Å². The topological polar surface area (TPSA) is 26.3 Å². The highest BCUT2D eigenvalue weighted by atomic mass is 19.4. The highest BCUT2D eigenvalue weighted by Crippen LogP contribution is 2.54. The molecule has 0 spiro atoms. The van der Waals surface area contributed by atoms with Gasteiger partial charge in [0.15, 0.2) is 0 Å². The van der Waals surface area contributed by atoms with Gasteiger partial charge in [0.05, 0.1) is 0 Å². The van der Waals surface area contributed by atoms with Crippen molar-refractivity contribution in [3.8, 4) is 0 Å². The maximum absolute atomic E-state index is 14.0. The molecular formula is C11H12F8O2. The molecule has 0 saturated carbocycles. The summed E-state index contributed by atoms with van der Waals surface area (Å²) in [5.74, 6) is -1.61. The Morgan fingerprint density at radius 2 is 1.43 bits per heavy atom. The number of halogens is 8. The van der Waals surface area contributed by atoms with Crippen LogP contribution in [0.2, 0.25) is 0 Å². The predicted octanol–water partition coefficient (Wildman–Crippen LogP) is 4.06. The Kier molecular flexibility index (Phi) is 5.79. The lowest BCUT2D eigenvalue weighted by molar-refractivity contribution is -0.351. The number of ether oxygens (including phenoxy) is 1. The summed E-state index contributed by atoms with van der Waals surface area (Å²) in [6, 6.07) is 0. The van der Waals surface area contributed by atoms with E-state index in [1.165, 1.54) is 0 Å². The standard InChI is InChI=1S/C11H12F8O2/c1-3-5-8(12,10(14,15)16)9(13,11(17,18)19)6-21-7(20)4-2/h4H,2-3,5-6H2,1H3. The fourth-order valence-corrected chi connectivity index (χ4v) is 1.56. The van der Waals surface area contributed by atoms with Crippen LogP contribution in [0.3, 0.4) is 0 Å². The molecule has 10 heteroatoms. The maximum atomic E-state index is 14.0. The molecule has 0 aromatic heterocycles. The Balaban J connectivity index is 5.86. The molecule has 2 unspecified atom stereocenters. The highest BCUT2D eigenvalue weighted by Gasteiger charge is 2.79. The second kappa shape index (κ2) is 6.18. The van der Waals surface area contributed by atoms with Crippen LogP contribution in [0.5, 0.6) is 0 Å². The van der Waals surface area contributed by atoms with Crippen molar-refractivity contribution < 1.29 is 44.7 Å². The molecule has 0 radical (unpaired) electrons. The fourth-order valence-electron chi connectivity index (χ4n) is 1.56. The molecule has 0 aliphatic heterocycles. The second-order valence-electron chi connectivity index (χ2n) is 4.16. The molecule has 0 heterocycles. The van der Waals surface area contributed by atoms with Gasteiger partial charge in [0, 0.05) is 6.08 Å². The average molecular weight is 328 g/mol. The van der Waals surface area contributed by atoms with E-state index in [-0.39, 0.29) is 0 Å². The van der Waals surface area contributed by atoms with Crippen LogP contribution in [0.1, 0.15) is 19.8 Å². The zero-order valence-electron chi connectivity index (χ0n) is 10.7. The number of alkyl halides is 8. The van der Waals surface area contributed by atoms with Crippen LogP contribution in [0, 0.1) is 0 Å². The van der Waals surface area contributed by atoms with Crippen molar-refractivity contribution in [2.75, 3.05) is 6.61 Å². The van der Waals surface area contributed by atoms with Crippen molar-refractivity contribution >= 4 is 5.97 Å². The monoisotopic (exact) mass is 328 g/mol. The fraction of sp³-hybridized carbons (Fsp3) is 0.727. The second-order valence-corrected chi connectivity index (χ2v) is 4.16. The summed E-state index contributed by atoms with van der Waals surface area (Å²) in [4.78, 5) is 10.6. The lowest BCUT2D eigenvalue weighted by Crippen LogP contribution is -2.66. The van der Waals surface area contributed by atoms with Crippen LogP contribution >= 0.6 is 0 Å². The molecule has 2 atom stereocenters. The van der Waals surface area contributed by atoms with Gasteiger partial charge >= 0.3 is 18.3 Å². The van der Waals surface area contributed by atoms with E-state index in [9.17, 15) is 39.9 Å². The van der Waals surface area contributed by atoms with Crippen LogP contribution in [0.25, 0.3) is 0 Å². The molecule has 0 bridgehead atoms. The quantitative estimate of drug-likeness (QED) is 0.418. The molecule has 0 N–H and O–H groups in total. The van der Waals surface area contributed by atoms with E-state index in [2.05, 4.69) is 11.3 Å². The Bertz CT molecular complexity index is 389. The van der Waals surface area contributed by atoms with E-state index in [1.807, 2.05) is 0 Å². The van der Waals surface area contributed by atoms with Crippen molar-refractivity contribution in [1.29, 1.82) is 0 Å². The first kappa shape index (κ1) is 19.7. The predicted molar refractivity (Wildman–Crippen MR) is 55.9 cm³/mol. The van der Waals surface area contributed by atoms with Crippen molar-refractivity contribution in [1.82, 2.24) is 0 Å². The van der Waals surface area contributed by atoms with E-state index < -0.39 is 49.1 Å². The van der Waals surface area contributed by atoms with E-state index >= 15 is 0 Å². The first-order valence-electron chi connectivity index (χ1n) is 5.57. The first-order valence-corrected chi connectivity index (χ1v) is 5.57. The first-order chi connectivity index (χ1) is 9.27. The molecule has 0 aromatic carbocycles. The molecule has 124 valence electrons. The summed E-state index contributed by atoms with van der Waals surface area (Å²) in [6.07, 6.45) is -14.6. The molecule has 0 aromatic rings. The van der Waals surface area contributed by atoms with Crippen LogP contribution in [0.15, 0.2) is 12.7 Å². The van der Waals surface area contributed by atoms with Crippen molar-refractivity contribution in [3.63, 3.8) is 0 Å². The van der Waals surface area contributed by atoms with Gasteiger partial charge in [0.2, 0.25) is 0 Å². The summed E-state index contributed by atoms with van der Waals surface area (Å²) in [7, 11) is 0. The largest absolute Gasteiger partial charge is 0.459 e. The summed E-state index contributed by atoms with van der Waals surface area (Å²) in [5.41, 5.74) is -10.7. The molecule has 21 heavy (non-hydrogen) atoms. The number of carbonyl (C=O) groups is 1. The Morgan fingerprint density at radius 3 is 1.71 bits per heavy atom. The van der Waals surface area contributed by atoms with E-state index in [4.69, 9.17) is 0 Å². The minimum Gasteiger partial charge on any atom is -0.459 e. The van der Waals surface area contributed by atoms with Gasteiger partial charge in [-0.1, -0.05) is 19.9 Å². The smallest absolute Gasteiger partial charge is 0.429 e. The molecule has 0 amide bonds. The van der Waals surface area contributed by atoms with Gasteiger partial charge in [-0.05, 0) is 6.42 Å². The van der Waals surface area contributed by atoms with Crippen LogP contribution < -0.4 is 0 Å². The van der Waals surface area contributed by atoms with E-state index in [1.54, 1.807) is 0 Å². The summed E-state index contributed by atoms with van der Waals surface area (Å²) in [5, 5.41) is 0. The Labute approximate surface area is 114 Å². The number of hydrogen-bond acceptors (Lipinski definition) is 2. The minimum atomic E-state index is -6.24. The highest BCUT2D eigenvalue weighted by molar-refractivity contribution is 5.81. The summed E-state index contributed by atoms with van der Waals surface area (Å²) in [6.45, 7) is 1.27. The lowest BCUT2D eigenvalue weighted by Gasteiger charge is -2.40. The van der Waals surface area contributed by atoms with Crippen molar-refractivity contribution in [2.45, 2.75) is 43.5 Å². The normalized spacial score (nSPS) is 18.5. The zero-order valence-corrected chi connectivity index (χ0v) is 10.7. The minimum absolute atomic E-state index is 0.310. The number of rotatable bonds is 6. The zero-order chi connectivity index (χ0) is 17.1.